The highest BCUT2D eigenvalue weighted by molar-refractivity contribution is 7.15. The molecule has 0 bridgehead atoms. The summed E-state index contributed by atoms with van der Waals surface area (Å²) in [4.78, 5) is 18.2. The average molecular weight is 445 g/mol. The van der Waals surface area contributed by atoms with Crippen LogP contribution in [0.4, 0.5) is 0 Å². The predicted octanol–water partition coefficient (Wildman–Crippen LogP) is 3.92. The van der Waals surface area contributed by atoms with E-state index >= 15 is 0 Å². The number of para-hydroxylation sites is 4. The van der Waals surface area contributed by atoms with Crippen LogP contribution in [0.2, 0.25) is 0 Å². The first-order chi connectivity index (χ1) is 15.7. The lowest BCUT2D eigenvalue weighted by atomic mass is 10.2. The van der Waals surface area contributed by atoms with Gasteiger partial charge in [-0.2, -0.15) is 0 Å². The summed E-state index contributed by atoms with van der Waals surface area (Å²) >= 11 is 1.38. The van der Waals surface area contributed by atoms with E-state index in [-0.39, 0.29) is 5.56 Å². The highest BCUT2D eigenvalue weighted by Crippen LogP contribution is 2.25. The lowest BCUT2D eigenvalue weighted by molar-refractivity contribution is 0.211. The van der Waals surface area contributed by atoms with Crippen LogP contribution >= 0.6 is 11.3 Å². The third kappa shape index (κ3) is 3.90. The first-order valence-corrected chi connectivity index (χ1v) is 10.9. The molecule has 32 heavy (non-hydrogen) atoms. The number of nitrogens with zero attached hydrogens (tertiary/aromatic N) is 2. The molecule has 0 aliphatic rings. The third-order valence-electron chi connectivity index (χ3n) is 4.98. The van der Waals surface area contributed by atoms with Crippen molar-refractivity contribution in [2.24, 2.45) is 0 Å². The fourth-order valence-corrected chi connectivity index (χ4v) is 4.49. The SMILES string of the molecule is COc1ccccc1OCCOc1cccc(/C=c2\sc3nc4ccccc4n3c2=O)c1. The molecule has 0 fully saturated rings. The second-order valence-corrected chi connectivity index (χ2v) is 8.06. The monoisotopic (exact) mass is 444 g/mol. The van der Waals surface area contributed by atoms with Gasteiger partial charge < -0.3 is 14.2 Å². The Balaban J connectivity index is 1.31. The number of ether oxygens (including phenoxy) is 3. The molecule has 7 heteroatoms. The zero-order valence-corrected chi connectivity index (χ0v) is 18.2. The van der Waals surface area contributed by atoms with Crippen molar-refractivity contribution in [3.05, 3.63) is 93.2 Å². The minimum atomic E-state index is -0.0600. The maximum Gasteiger partial charge on any atom is 0.274 e. The number of fused-ring (bicyclic) bond motifs is 3. The van der Waals surface area contributed by atoms with E-state index in [9.17, 15) is 4.79 Å². The highest BCUT2D eigenvalue weighted by Gasteiger charge is 2.10. The number of hydrogen-bond acceptors (Lipinski definition) is 6. The Morgan fingerprint density at radius 1 is 0.938 bits per heavy atom. The van der Waals surface area contributed by atoms with Gasteiger partial charge in [0.1, 0.15) is 19.0 Å². The summed E-state index contributed by atoms with van der Waals surface area (Å²) in [6, 6.07) is 22.8. The van der Waals surface area contributed by atoms with E-state index in [2.05, 4.69) is 4.98 Å². The normalized spacial score (nSPS) is 11.8. The average Bonchev–Trinajstić information content (AvgIpc) is 3.33. The first kappa shape index (κ1) is 20.1. The van der Waals surface area contributed by atoms with Crippen molar-refractivity contribution in [1.29, 1.82) is 0 Å². The molecule has 0 N–H and O–H groups in total. The van der Waals surface area contributed by atoms with Crippen LogP contribution in [0, 0.1) is 0 Å². The van der Waals surface area contributed by atoms with Crippen molar-refractivity contribution in [3.63, 3.8) is 0 Å². The quantitative estimate of drug-likeness (QED) is 0.356. The molecule has 0 radical (unpaired) electrons. The summed E-state index contributed by atoms with van der Waals surface area (Å²) in [5.41, 5.74) is 2.48. The van der Waals surface area contributed by atoms with Crippen molar-refractivity contribution in [2.45, 2.75) is 0 Å². The lowest BCUT2D eigenvalue weighted by Crippen LogP contribution is -2.22. The van der Waals surface area contributed by atoms with Crippen LogP contribution in [-0.4, -0.2) is 29.7 Å². The maximum atomic E-state index is 12.9. The summed E-state index contributed by atoms with van der Waals surface area (Å²) in [6.45, 7) is 0.765. The fourth-order valence-electron chi connectivity index (χ4n) is 3.51. The van der Waals surface area contributed by atoms with Gasteiger partial charge in [-0.25, -0.2) is 9.38 Å². The molecule has 160 valence electrons. The summed E-state index contributed by atoms with van der Waals surface area (Å²) in [7, 11) is 1.61. The van der Waals surface area contributed by atoms with Gasteiger partial charge in [-0.3, -0.25) is 4.79 Å². The van der Waals surface area contributed by atoms with E-state index in [0.717, 1.165) is 16.6 Å². The van der Waals surface area contributed by atoms with Crippen LogP contribution in [0.15, 0.2) is 77.6 Å². The second kappa shape index (κ2) is 8.72. The highest BCUT2D eigenvalue weighted by atomic mass is 32.1. The van der Waals surface area contributed by atoms with E-state index in [1.807, 2.05) is 78.9 Å². The number of benzene rings is 3. The number of hydrogen-bond donors (Lipinski definition) is 0. The standard InChI is InChI=1S/C25H20N2O4S/c1-29-21-11-4-5-12-22(21)31-14-13-30-18-8-6-7-17(15-18)16-23-24(28)27-20-10-3-2-9-19(20)26-25(27)32-23/h2-12,15-16H,13-14H2,1H3/b23-16-. The van der Waals surface area contributed by atoms with Crippen molar-refractivity contribution in [1.82, 2.24) is 9.38 Å². The van der Waals surface area contributed by atoms with Gasteiger partial charge in [-0.05, 0) is 48.0 Å². The first-order valence-electron chi connectivity index (χ1n) is 10.1. The Labute approximate surface area is 187 Å². The Morgan fingerprint density at radius 3 is 2.59 bits per heavy atom. The molecule has 0 amide bonds. The fraction of sp³-hybridized carbons (Fsp3) is 0.120. The van der Waals surface area contributed by atoms with Crippen LogP contribution in [0.3, 0.4) is 0 Å². The molecule has 0 spiro atoms. The van der Waals surface area contributed by atoms with Crippen molar-refractivity contribution < 1.29 is 14.2 Å². The number of imidazole rings is 1. The number of thiazole rings is 1. The van der Waals surface area contributed by atoms with Crippen molar-refractivity contribution in [2.75, 3.05) is 20.3 Å². The van der Waals surface area contributed by atoms with Gasteiger partial charge in [0.25, 0.3) is 5.56 Å². The Hall–Kier alpha value is -3.84. The molecular weight excluding hydrogens is 424 g/mol. The predicted molar refractivity (Wildman–Crippen MR) is 126 cm³/mol. The summed E-state index contributed by atoms with van der Waals surface area (Å²) in [5.74, 6) is 2.08. The van der Waals surface area contributed by atoms with E-state index in [1.54, 1.807) is 11.5 Å². The van der Waals surface area contributed by atoms with E-state index in [0.29, 0.717) is 40.0 Å². The number of aromatic nitrogens is 2. The van der Waals surface area contributed by atoms with Gasteiger partial charge in [0, 0.05) is 0 Å². The van der Waals surface area contributed by atoms with Crippen LogP contribution in [0.25, 0.3) is 22.1 Å². The van der Waals surface area contributed by atoms with Crippen LogP contribution < -0.4 is 24.3 Å². The van der Waals surface area contributed by atoms with Gasteiger partial charge in [0.05, 0.1) is 22.7 Å². The molecule has 3 aromatic carbocycles. The summed E-state index contributed by atoms with van der Waals surface area (Å²) in [5, 5.41) is 0. The van der Waals surface area contributed by atoms with Crippen LogP contribution in [0.5, 0.6) is 17.2 Å². The molecule has 6 nitrogen and oxygen atoms in total. The van der Waals surface area contributed by atoms with Crippen molar-refractivity contribution in [3.8, 4) is 17.2 Å². The minimum Gasteiger partial charge on any atom is -0.493 e. The molecule has 0 aliphatic carbocycles. The molecule has 5 aromatic rings. The molecule has 5 rings (SSSR count). The van der Waals surface area contributed by atoms with E-state index in [1.165, 1.54) is 11.3 Å². The molecule has 2 heterocycles. The van der Waals surface area contributed by atoms with Gasteiger partial charge in [0.15, 0.2) is 16.5 Å². The Kier molecular flexibility index (Phi) is 5.47. The van der Waals surface area contributed by atoms with Crippen molar-refractivity contribution >= 4 is 33.4 Å². The molecule has 0 saturated carbocycles. The van der Waals surface area contributed by atoms with Crippen LogP contribution in [0.1, 0.15) is 5.56 Å². The van der Waals surface area contributed by atoms with Gasteiger partial charge in [-0.15, -0.1) is 0 Å². The molecule has 0 aliphatic heterocycles. The molecule has 0 unspecified atom stereocenters. The largest absolute Gasteiger partial charge is 0.493 e. The lowest BCUT2D eigenvalue weighted by Gasteiger charge is -2.11. The Bertz CT molecular complexity index is 1510. The topological polar surface area (TPSA) is 62.1 Å². The zero-order chi connectivity index (χ0) is 21.9. The van der Waals surface area contributed by atoms with E-state index < -0.39 is 0 Å². The molecule has 0 atom stereocenters. The van der Waals surface area contributed by atoms with E-state index in [4.69, 9.17) is 14.2 Å². The molecular formula is C25H20N2O4S. The zero-order valence-electron chi connectivity index (χ0n) is 17.4. The smallest absolute Gasteiger partial charge is 0.274 e. The molecule has 0 saturated heterocycles. The summed E-state index contributed by atoms with van der Waals surface area (Å²) in [6.07, 6.45) is 1.87. The maximum absolute atomic E-state index is 12.9. The van der Waals surface area contributed by atoms with Gasteiger partial charge in [0.2, 0.25) is 0 Å². The van der Waals surface area contributed by atoms with Crippen LogP contribution in [-0.2, 0) is 0 Å². The Morgan fingerprint density at radius 2 is 1.72 bits per heavy atom. The third-order valence-corrected chi connectivity index (χ3v) is 5.95. The minimum absolute atomic E-state index is 0.0600. The molecule has 2 aromatic heterocycles. The number of methoxy groups -OCH3 is 1. The van der Waals surface area contributed by atoms with Gasteiger partial charge >= 0.3 is 0 Å². The number of rotatable bonds is 7. The summed E-state index contributed by atoms with van der Waals surface area (Å²) < 4.78 is 19.2. The van der Waals surface area contributed by atoms with Gasteiger partial charge in [-0.1, -0.05) is 47.7 Å². The second-order valence-electron chi connectivity index (χ2n) is 7.05.